The van der Waals surface area contributed by atoms with E-state index in [4.69, 9.17) is 19.9 Å². The Labute approximate surface area is 205 Å². The van der Waals surface area contributed by atoms with Crippen LogP contribution in [0.15, 0.2) is 55.1 Å². The van der Waals surface area contributed by atoms with Crippen LogP contribution in [-0.2, 0) is 25.8 Å². The Morgan fingerprint density at radius 3 is 2.37 bits per heavy atom. The van der Waals surface area contributed by atoms with Gasteiger partial charge < -0.3 is 30.4 Å². The highest BCUT2D eigenvalue weighted by molar-refractivity contribution is 5.77. The Bertz CT molecular complexity index is 903. The molecule has 0 radical (unpaired) electrons. The Balaban J connectivity index is 0.000000379. The van der Waals surface area contributed by atoms with Gasteiger partial charge in [-0.15, -0.1) is 0 Å². The highest BCUT2D eigenvalue weighted by atomic mass is 19.3. The van der Waals surface area contributed by atoms with Crippen LogP contribution >= 0.6 is 0 Å². The zero-order valence-corrected chi connectivity index (χ0v) is 20.6. The first-order valence-electron chi connectivity index (χ1n) is 11.2. The first-order chi connectivity index (χ1) is 16.6. The van der Waals surface area contributed by atoms with Gasteiger partial charge in [0.25, 0.3) is 11.8 Å². The molecule has 2 rings (SSSR count). The summed E-state index contributed by atoms with van der Waals surface area (Å²) >= 11 is 0. The Morgan fingerprint density at radius 1 is 1.17 bits per heavy atom. The van der Waals surface area contributed by atoms with E-state index in [0.717, 1.165) is 31.2 Å². The molecule has 8 nitrogen and oxygen atoms in total. The number of benzene rings is 1. The number of nitrogens with zero attached hydrogens (tertiary/aromatic N) is 1. The molecule has 0 saturated carbocycles. The van der Waals surface area contributed by atoms with Crippen LogP contribution in [0.3, 0.4) is 0 Å². The van der Waals surface area contributed by atoms with Gasteiger partial charge in [-0.25, -0.2) is 0 Å². The smallest absolute Gasteiger partial charge is 0.286 e. The summed E-state index contributed by atoms with van der Waals surface area (Å²) in [4.78, 5) is 15.0. The quantitative estimate of drug-likeness (QED) is 0.299. The van der Waals surface area contributed by atoms with Crippen LogP contribution in [0, 0.1) is 0 Å². The van der Waals surface area contributed by atoms with Crippen molar-refractivity contribution in [2.45, 2.75) is 45.6 Å². The Hall–Kier alpha value is -3.40. The number of rotatable bonds is 12. The van der Waals surface area contributed by atoms with Gasteiger partial charge in [0, 0.05) is 19.7 Å². The Morgan fingerprint density at radius 2 is 1.86 bits per heavy atom. The molecule has 0 unspecified atom stereocenters. The molecule has 4 N–H and O–H groups in total. The van der Waals surface area contributed by atoms with E-state index in [-0.39, 0.29) is 36.2 Å². The van der Waals surface area contributed by atoms with Crippen LogP contribution in [0.2, 0.25) is 0 Å². The number of alkyl halides is 2. The monoisotopic (exact) mass is 495 g/mol. The number of nitrogens with one attached hydrogen (secondary N) is 1. The molecule has 0 fully saturated rings. The van der Waals surface area contributed by atoms with Gasteiger partial charge in [0.1, 0.15) is 23.8 Å². The van der Waals surface area contributed by atoms with E-state index in [1.807, 2.05) is 19.1 Å². The summed E-state index contributed by atoms with van der Waals surface area (Å²) < 4.78 is 41.6. The lowest BCUT2D eigenvalue weighted by atomic mass is 9.93. The largest absolute Gasteiger partial charge is 0.508 e. The van der Waals surface area contributed by atoms with Gasteiger partial charge in [-0.1, -0.05) is 19.1 Å². The fourth-order valence-electron chi connectivity index (χ4n) is 2.82. The molecular formula is C25H35F2N3O5. The van der Waals surface area contributed by atoms with Crippen molar-refractivity contribution < 1.29 is 32.9 Å². The lowest BCUT2D eigenvalue weighted by Gasteiger charge is -2.28. The topological polar surface area (TPSA) is 116 Å². The second-order valence-corrected chi connectivity index (χ2v) is 7.67. The maximum atomic E-state index is 12.9. The SMILES string of the molecule is CC(F)(F)c1ccc(OCC(=O)NCCO/C=C\N)cn1.CCO[C@](C)(CC)c1ccc(O)cc1. The molecule has 1 aromatic heterocycles. The number of hydrogen-bond acceptors (Lipinski definition) is 7. The maximum absolute atomic E-state index is 12.9. The van der Waals surface area contributed by atoms with Gasteiger partial charge in [-0.3, -0.25) is 9.78 Å². The van der Waals surface area contributed by atoms with Crippen molar-refractivity contribution in [2.24, 2.45) is 5.73 Å². The number of amides is 1. The molecule has 194 valence electrons. The van der Waals surface area contributed by atoms with E-state index >= 15 is 0 Å². The minimum atomic E-state index is -3.01. The molecule has 0 aliphatic heterocycles. The molecule has 1 aromatic carbocycles. The third-order valence-corrected chi connectivity index (χ3v) is 4.89. The lowest BCUT2D eigenvalue weighted by Crippen LogP contribution is -2.31. The number of nitrogens with two attached hydrogens (primary N) is 1. The molecule has 10 heteroatoms. The number of hydrogen-bond donors (Lipinski definition) is 3. The van der Waals surface area contributed by atoms with Gasteiger partial charge in [0.15, 0.2) is 6.61 Å². The third-order valence-electron chi connectivity index (χ3n) is 4.89. The van der Waals surface area contributed by atoms with Crippen LogP contribution in [-0.4, -0.2) is 42.4 Å². The second kappa shape index (κ2) is 14.8. The van der Waals surface area contributed by atoms with E-state index in [2.05, 4.69) is 24.1 Å². The van der Waals surface area contributed by atoms with Gasteiger partial charge in [-0.2, -0.15) is 8.78 Å². The molecule has 0 aliphatic rings. The summed E-state index contributed by atoms with van der Waals surface area (Å²) in [6.07, 6.45) is 4.61. The lowest BCUT2D eigenvalue weighted by molar-refractivity contribution is -0.123. The van der Waals surface area contributed by atoms with Crippen LogP contribution in [0.4, 0.5) is 8.78 Å². The van der Waals surface area contributed by atoms with Crippen LogP contribution < -0.4 is 15.8 Å². The number of pyridine rings is 1. The zero-order valence-electron chi connectivity index (χ0n) is 20.6. The fraction of sp³-hybridized carbons (Fsp3) is 0.440. The first kappa shape index (κ1) is 29.6. The van der Waals surface area contributed by atoms with E-state index in [1.165, 1.54) is 18.5 Å². The summed E-state index contributed by atoms with van der Waals surface area (Å²) in [5.74, 6) is -2.84. The predicted octanol–water partition coefficient (Wildman–Crippen LogP) is 4.19. The zero-order chi connectivity index (χ0) is 26.3. The molecule has 0 spiro atoms. The highest BCUT2D eigenvalue weighted by Crippen LogP contribution is 2.30. The number of carbonyl (C=O) groups is 1. The average molecular weight is 496 g/mol. The normalized spacial score (nSPS) is 12.9. The molecule has 0 bridgehead atoms. The number of ether oxygens (including phenoxy) is 3. The summed E-state index contributed by atoms with van der Waals surface area (Å²) in [6, 6.07) is 9.70. The molecule has 1 heterocycles. The molecule has 1 amide bonds. The molecule has 2 aromatic rings. The Kier molecular flexibility index (Phi) is 12.5. The number of aromatic hydroxyl groups is 1. The molecular weight excluding hydrogens is 460 g/mol. The summed E-state index contributed by atoms with van der Waals surface area (Å²) in [5, 5.41) is 11.7. The van der Waals surface area contributed by atoms with Crippen molar-refractivity contribution in [2.75, 3.05) is 26.4 Å². The summed E-state index contributed by atoms with van der Waals surface area (Å²) in [6.45, 7) is 7.96. The fourth-order valence-corrected chi connectivity index (χ4v) is 2.82. The van der Waals surface area contributed by atoms with Crippen molar-refractivity contribution in [3.63, 3.8) is 0 Å². The van der Waals surface area contributed by atoms with Crippen molar-refractivity contribution in [3.8, 4) is 11.5 Å². The standard InChI is InChI=1S/C13H17F2N3O3.C12H18O2/c1-13(14,15)11-3-2-10(8-18-11)21-9-12(19)17-5-7-20-6-4-16;1-4-12(3,14-5-2)10-6-8-11(13)9-7-10/h2-4,6,8H,5,7,9,16H2,1H3,(H,17,19);6-9,13H,4-5H2,1-3H3/b6-4-;/t;12-/m.1/s1. The van der Waals surface area contributed by atoms with Crippen LogP contribution in [0.25, 0.3) is 0 Å². The predicted molar refractivity (Wildman–Crippen MR) is 129 cm³/mol. The number of aromatic nitrogens is 1. The third kappa shape index (κ3) is 11.0. The van der Waals surface area contributed by atoms with E-state index in [9.17, 15) is 18.7 Å². The number of carbonyl (C=O) groups excluding carboxylic acids is 1. The van der Waals surface area contributed by atoms with Crippen LogP contribution in [0.5, 0.6) is 11.5 Å². The minimum Gasteiger partial charge on any atom is -0.508 e. The van der Waals surface area contributed by atoms with Gasteiger partial charge in [0.05, 0.1) is 24.6 Å². The summed E-state index contributed by atoms with van der Waals surface area (Å²) in [5.41, 5.74) is 5.57. The van der Waals surface area contributed by atoms with Gasteiger partial charge in [0.2, 0.25) is 0 Å². The maximum Gasteiger partial charge on any atom is 0.286 e. The van der Waals surface area contributed by atoms with Crippen molar-refractivity contribution in [1.82, 2.24) is 10.3 Å². The van der Waals surface area contributed by atoms with E-state index in [0.29, 0.717) is 18.9 Å². The number of phenolic OH excluding ortho intramolecular Hbond substituents is 1. The number of halogens is 2. The molecule has 0 aliphatic carbocycles. The second-order valence-electron chi connectivity index (χ2n) is 7.67. The van der Waals surface area contributed by atoms with Crippen molar-refractivity contribution in [3.05, 3.63) is 66.3 Å². The average Bonchev–Trinajstić information content (AvgIpc) is 2.83. The highest BCUT2D eigenvalue weighted by Gasteiger charge is 2.26. The minimum absolute atomic E-state index is 0.234. The summed E-state index contributed by atoms with van der Waals surface area (Å²) in [7, 11) is 0. The molecule has 35 heavy (non-hydrogen) atoms. The van der Waals surface area contributed by atoms with Gasteiger partial charge >= 0.3 is 0 Å². The van der Waals surface area contributed by atoms with Gasteiger partial charge in [-0.05, 0) is 50.1 Å². The van der Waals surface area contributed by atoms with Crippen molar-refractivity contribution >= 4 is 5.91 Å². The van der Waals surface area contributed by atoms with Crippen molar-refractivity contribution in [1.29, 1.82) is 0 Å². The van der Waals surface area contributed by atoms with Crippen LogP contribution in [0.1, 0.15) is 45.4 Å². The molecule has 0 saturated heterocycles. The molecule has 1 atom stereocenters. The van der Waals surface area contributed by atoms with E-state index in [1.54, 1.807) is 12.1 Å². The number of phenols is 1. The van der Waals surface area contributed by atoms with E-state index < -0.39 is 5.92 Å². The first-order valence-corrected chi connectivity index (χ1v) is 11.2.